The zero-order chi connectivity index (χ0) is 22.1. The molecule has 8 nitrogen and oxygen atoms in total. The van der Waals surface area contributed by atoms with Crippen molar-refractivity contribution in [3.05, 3.63) is 35.9 Å². The lowest BCUT2D eigenvalue weighted by Crippen LogP contribution is -2.48. The van der Waals surface area contributed by atoms with Crippen molar-refractivity contribution in [1.82, 2.24) is 15.5 Å². The molecule has 168 valence electrons. The third kappa shape index (κ3) is 8.71. The van der Waals surface area contributed by atoms with E-state index >= 15 is 0 Å². The molecule has 1 heterocycles. The Balaban J connectivity index is 1.87. The Morgan fingerprint density at radius 3 is 2.53 bits per heavy atom. The maximum Gasteiger partial charge on any atom is 0.408 e. The van der Waals surface area contributed by atoms with E-state index in [0.29, 0.717) is 18.5 Å². The van der Waals surface area contributed by atoms with E-state index < -0.39 is 27.9 Å². The van der Waals surface area contributed by atoms with Crippen LogP contribution in [0.1, 0.15) is 32.3 Å². The standard InChI is InChI=1S/C21H33N3O5S/c1-16(2)24-11-9-18(14-24)13-22-20(25)19(10-12-30(3,27)28)23-21(26)29-15-17-7-5-4-6-8-17/h4-8,16,18-19H,9-15H2,1-3H3,(H,22,25)(H,23,26). The smallest absolute Gasteiger partial charge is 0.408 e. The Hall–Kier alpha value is -2.13. The first-order valence-electron chi connectivity index (χ1n) is 10.3. The van der Waals surface area contributed by atoms with E-state index in [1.807, 2.05) is 30.3 Å². The lowest BCUT2D eigenvalue weighted by Gasteiger charge is -2.21. The van der Waals surface area contributed by atoms with E-state index in [2.05, 4.69) is 29.4 Å². The summed E-state index contributed by atoms with van der Waals surface area (Å²) in [5.74, 6) is -0.246. The van der Waals surface area contributed by atoms with Crippen LogP contribution in [0.2, 0.25) is 0 Å². The number of hydrogen-bond donors (Lipinski definition) is 2. The number of likely N-dealkylation sites (tertiary alicyclic amines) is 1. The SMILES string of the molecule is CC(C)N1CCC(CNC(=O)C(CCS(C)(=O)=O)NC(=O)OCc2ccccc2)C1. The fourth-order valence-corrected chi connectivity index (χ4v) is 4.04. The van der Waals surface area contributed by atoms with Crippen molar-refractivity contribution in [1.29, 1.82) is 0 Å². The molecule has 1 saturated heterocycles. The van der Waals surface area contributed by atoms with Crippen molar-refractivity contribution in [3.8, 4) is 0 Å². The highest BCUT2D eigenvalue weighted by Gasteiger charge is 2.27. The molecule has 1 aromatic carbocycles. The lowest BCUT2D eigenvalue weighted by molar-refractivity contribution is -0.123. The summed E-state index contributed by atoms with van der Waals surface area (Å²) in [6.07, 6.45) is 1.35. The highest BCUT2D eigenvalue weighted by atomic mass is 32.2. The summed E-state index contributed by atoms with van der Waals surface area (Å²) in [5.41, 5.74) is 0.820. The fraction of sp³-hybridized carbons (Fsp3) is 0.619. The number of hydrogen-bond acceptors (Lipinski definition) is 6. The summed E-state index contributed by atoms with van der Waals surface area (Å²) in [6, 6.07) is 8.68. The molecule has 1 fully saturated rings. The topological polar surface area (TPSA) is 105 Å². The van der Waals surface area contributed by atoms with Gasteiger partial charge in [-0.2, -0.15) is 0 Å². The van der Waals surface area contributed by atoms with Gasteiger partial charge in [-0.1, -0.05) is 30.3 Å². The number of nitrogens with zero attached hydrogens (tertiary/aromatic N) is 1. The maximum atomic E-state index is 12.7. The molecule has 0 spiro atoms. The average molecular weight is 440 g/mol. The van der Waals surface area contributed by atoms with Crippen LogP contribution in [0.25, 0.3) is 0 Å². The number of nitrogens with one attached hydrogen (secondary N) is 2. The first-order chi connectivity index (χ1) is 14.1. The minimum atomic E-state index is -3.27. The summed E-state index contributed by atoms with van der Waals surface area (Å²) < 4.78 is 28.3. The first-order valence-corrected chi connectivity index (χ1v) is 12.4. The highest BCUT2D eigenvalue weighted by Crippen LogP contribution is 2.17. The van der Waals surface area contributed by atoms with Crippen molar-refractivity contribution in [2.24, 2.45) is 5.92 Å². The van der Waals surface area contributed by atoms with Crippen molar-refractivity contribution in [2.75, 3.05) is 31.6 Å². The monoisotopic (exact) mass is 439 g/mol. The number of sulfone groups is 1. The van der Waals surface area contributed by atoms with Gasteiger partial charge >= 0.3 is 6.09 Å². The molecular weight excluding hydrogens is 406 g/mol. The summed E-state index contributed by atoms with van der Waals surface area (Å²) >= 11 is 0. The summed E-state index contributed by atoms with van der Waals surface area (Å²) in [4.78, 5) is 27.2. The number of carbonyl (C=O) groups excluding carboxylic acids is 2. The van der Waals surface area contributed by atoms with Gasteiger partial charge in [0, 0.05) is 25.4 Å². The van der Waals surface area contributed by atoms with E-state index in [-0.39, 0.29) is 18.8 Å². The normalized spacial score (nSPS) is 18.2. The van der Waals surface area contributed by atoms with Crippen LogP contribution in [-0.4, -0.2) is 69.0 Å². The molecule has 2 unspecified atom stereocenters. The predicted octanol–water partition coefficient (Wildman–Crippen LogP) is 1.56. The second kappa shape index (κ2) is 11.3. The molecular formula is C21H33N3O5S. The highest BCUT2D eigenvalue weighted by molar-refractivity contribution is 7.90. The number of ether oxygens (including phenoxy) is 1. The molecule has 0 saturated carbocycles. The van der Waals surface area contributed by atoms with Crippen LogP contribution in [0.3, 0.4) is 0 Å². The van der Waals surface area contributed by atoms with Crippen molar-refractivity contribution < 1.29 is 22.7 Å². The molecule has 0 bridgehead atoms. The van der Waals surface area contributed by atoms with E-state index in [0.717, 1.165) is 31.3 Å². The number of amides is 2. The second-order valence-electron chi connectivity index (χ2n) is 8.17. The maximum absolute atomic E-state index is 12.7. The van der Waals surface area contributed by atoms with Crippen molar-refractivity contribution in [2.45, 2.75) is 45.4 Å². The summed E-state index contributed by atoms with van der Waals surface area (Å²) in [7, 11) is -3.27. The Labute approximate surface area is 179 Å². The molecule has 2 rings (SSSR count). The minimum absolute atomic E-state index is 0.00606. The molecule has 9 heteroatoms. The molecule has 0 aromatic heterocycles. The third-order valence-electron chi connectivity index (χ3n) is 5.21. The van der Waals surface area contributed by atoms with Crippen LogP contribution in [0, 0.1) is 5.92 Å². The first kappa shape index (κ1) is 24.1. The van der Waals surface area contributed by atoms with Crippen LogP contribution in [0.5, 0.6) is 0 Å². The Kier molecular flexibility index (Phi) is 9.10. The van der Waals surface area contributed by atoms with Gasteiger partial charge in [0.1, 0.15) is 22.5 Å². The number of rotatable bonds is 10. The molecule has 0 radical (unpaired) electrons. The number of carbonyl (C=O) groups is 2. The predicted molar refractivity (Wildman–Crippen MR) is 116 cm³/mol. The van der Waals surface area contributed by atoms with Gasteiger partial charge in [-0.15, -0.1) is 0 Å². The van der Waals surface area contributed by atoms with E-state index in [1.54, 1.807) is 0 Å². The molecule has 2 N–H and O–H groups in total. The van der Waals surface area contributed by atoms with E-state index in [1.165, 1.54) is 0 Å². The van der Waals surface area contributed by atoms with Gasteiger partial charge < -0.3 is 20.3 Å². The van der Waals surface area contributed by atoms with Crippen molar-refractivity contribution in [3.63, 3.8) is 0 Å². The van der Waals surface area contributed by atoms with Crippen LogP contribution in [-0.2, 0) is 26.0 Å². The lowest BCUT2D eigenvalue weighted by atomic mass is 10.1. The minimum Gasteiger partial charge on any atom is -0.445 e. The molecule has 1 aliphatic rings. The van der Waals surface area contributed by atoms with Gasteiger partial charge in [-0.3, -0.25) is 4.79 Å². The molecule has 1 aliphatic heterocycles. The molecule has 0 aliphatic carbocycles. The molecule has 2 atom stereocenters. The van der Waals surface area contributed by atoms with Gasteiger partial charge in [0.25, 0.3) is 0 Å². The zero-order valence-corrected chi connectivity index (χ0v) is 18.8. The van der Waals surface area contributed by atoms with Crippen LogP contribution in [0.4, 0.5) is 4.79 Å². The Morgan fingerprint density at radius 2 is 1.93 bits per heavy atom. The van der Waals surface area contributed by atoms with Crippen LogP contribution < -0.4 is 10.6 Å². The molecule has 2 amide bonds. The average Bonchev–Trinajstić information content (AvgIpc) is 3.17. The quantitative estimate of drug-likeness (QED) is 0.573. The van der Waals surface area contributed by atoms with Gasteiger partial charge in [-0.05, 0) is 44.7 Å². The molecule has 30 heavy (non-hydrogen) atoms. The van der Waals surface area contributed by atoms with E-state index in [4.69, 9.17) is 4.74 Å². The van der Waals surface area contributed by atoms with Crippen LogP contribution >= 0.6 is 0 Å². The Bertz CT molecular complexity index is 798. The summed E-state index contributed by atoms with van der Waals surface area (Å²) in [6.45, 7) is 6.77. The van der Waals surface area contributed by atoms with Crippen molar-refractivity contribution >= 4 is 21.8 Å². The Morgan fingerprint density at radius 1 is 1.23 bits per heavy atom. The van der Waals surface area contributed by atoms with Gasteiger partial charge in [0.05, 0.1) is 5.75 Å². The van der Waals surface area contributed by atoms with Crippen LogP contribution in [0.15, 0.2) is 30.3 Å². The zero-order valence-electron chi connectivity index (χ0n) is 18.0. The second-order valence-corrected chi connectivity index (χ2v) is 10.4. The largest absolute Gasteiger partial charge is 0.445 e. The fourth-order valence-electron chi connectivity index (χ4n) is 3.37. The van der Waals surface area contributed by atoms with Gasteiger partial charge in [0.15, 0.2) is 0 Å². The third-order valence-corrected chi connectivity index (χ3v) is 6.19. The number of alkyl carbamates (subject to hydrolysis) is 1. The summed E-state index contributed by atoms with van der Waals surface area (Å²) in [5, 5.41) is 5.38. The molecule has 1 aromatic rings. The number of benzene rings is 1. The van der Waals surface area contributed by atoms with Gasteiger partial charge in [-0.25, -0.2) is 13.2 Å². The van der Waals surface area contributed by atoms with Gasteiger partial charge in [0.2, 0.25) is 5.91 Å². The van der Waals surface area contributed by atoms with E-state index in [9.17, 15) is 18.0 Å².